The highest BCUT2D eigenvalue weighted by atomic mass is 35.5. The minimum Gasteiger partial charge on any atom is -0.369 e. The molecular formula is C20H16Cl2N4. The fourth-order valence-electron chi connectivity index (χ4n) is 2.88. The highest BCUT2D eigenvalue weighted by Crippen LogP contribution is 2.23. The molecular weight excluding hydrogens is 367 g/mol. The fourth-order valence-corrected chi connectivity index (χ4v) is 3.13. The van der Waals surface area contributed by atoms with E-state index >= 15 is 0 Å². The first kappa shape index (κ1) is 16.9. The monoisotopic (exact) mass is 382 g/mol. The Bertz CT molecular complexity index is 1040. The van der Waals surface area contributed by atoms with Gasteiger partial charge in [0.25, 0.3) is 0 Å². The third kappa shape index (κ3) is 3.39. The lowest BCUT2D eigenvalue weighted by Crippen LogP contribution is -2.17. The molecule has 6 heteroatoms. The number of imidazole rings is 1. The molecule has 0 fully saturated rings. The summed E-state index contributed by atoms with van der Waals surface area (Å²) in [4.78, 5) is 11.1. The maximum absolute atomic E-state index is 6.00. The first-order chi connectivity index (χ1) is 12.6. The minimum absolute atomic E-state index is 0.676. The molecule has 0 aliphatic carbocycles. The lowest BCUT2D eigenvalue weighted by molar-refractivity contribution is 0.869. The molecule has 2 aromatic heterocycles. The summed E-state index contributed by atoms with van der Waals surface area (Å²) in [5.41, 5.74) is 4.91. The number of benzene rings is 2. The zero-order valence-corrected chi connectivity index (χ0v) is 15.6. The number of nitrogens with zero attached hydrogens (tertiary/aromatic N) is 4. The van der Waals surface area contributed by atoms with Crippen LogP contribution >= 0.6 is 23.2 Å². The average Bonchev–Trinajstić information content (AvgIpc) is 3.06. The van der Waals surface area contributed by atoms with Crippen LogP contribution in [-0.4, -0.2) is 21.4 Å². The van der Waals surface area contributed by atoms with Gasteiger partial charge in [-0.05, 0) is 36.4 Å². The SMILES string of the molecule is CN(Cc1cn2c(-c3ccc(Cl)cc3)cnc2cn1)c1ccc(Cl)cc1. The molecule has 2 aromatic carbocycles. The summed E-state index contributed by atoms with van der Waals surface area (Å²) in [5, 5.41) is 1.45. The van der Waals surface area contributed by atoms with Gasteiger partial charge in [0.15, 0.2) is 5.65 Å². The van der Waals surface area contributed by atoms with Gasteiger partial charge in [-0.1, -0.05) is 35.3 Å². The number of aromatic nitrogens is 3. The van der Waals surface area contributed by atoms with Crippen LogP contribution in [0, 0.1) is 0 Å². The largest absolute Gasteiger partial charge is 0.369 e. The second kappa shape index (κ2) is 6.98. The van der Waals surface area contributed by atoms with Crippen LogP contribution in [0.1, 0.15) is 5.69 Å². The number of hydrogen-bond donors (Lipinski definition) is 0. The highest BCUT2D eigenvalue weighted by molar-refractivity contribution is 6.30. The van der Waals surface area contributed by atoms with Crippen LogP contribution in [0.3, 0.4) is 0 Å². The molecule has 0 saturated carbocycles. The molecule has 4 rings (SSSR count). The predicted molar refractivity (Wildman–Crippen MR) is 107 cm³/mol. The lowest BCUT2D eigenvalue weighted by Gasteiger charge is -2.19. The third-order valence-electron chi connectivity index (χ3n) is 4.26. The van der Waals surface area contributed by atoms with Gasteiger partial charge in [0, 0.05) is 34.5 Å². The normalized spacial score (nSPS) is 11.0. The summed E-state index contributed by atoms with van der Waals surface area (Å²) in [6.07, 6.45) is 5.68. The van der Waals surface area contributed by atoms with Crippen molar-refractivity contribution in [1.82, 2.24) is 14.4 Å². The van der Waals surface area contributed by atoms with Gasteiger partial charge in [-0.2, -0.15) is 0 Å². The van der Waals surface area contributed by atoms with Crippen molar-refractivity contribution in [3.63, 3.8) is 0 Å². The van der Waals surface area contributed by atoms with Gasteiger partial charge in [0.2, 0.25) is 0 Å². The van der Waals surface area contributed by atoms with Gasteiger partial charge >= 0.3 is 0 Å². The summed E-state index contributed by atoms with van der Waals surface area (Å²) >= 11 is 12.0. The Morgan fingerprint density at radius 2 is 1.54 bits per heavy atom. The van der Waals surface area contributed by atoms with Crippen molar-refractivity contribution in [2.24, 2.45) is 0 Å². The molecule has 0 amide bonds. The molecule has 0 spiro atoms. The zero-order chi connectivity index (χ0) is 18.1. The number of rotatable bonds is 4. The standard InChI is InChI=1S/C20H16Cl2N4/c1-25(18-8-6-16(22)7-9-18)12-17-13-26-19(10-24-20(26)11-23-17)14-2-4-15(21)5-3-14/h2-11,13H,12H2,1H3. The predicted octanol–water partition coefficient (Wildman–Crippen LogP) is 5.34. The fraction of sp³-hybridized carbons (Fsp3) is 0.100. The summed E-state index contributed by atoms with van der Waals surface area (Å²) in [6.45, 7) is 0.676. The number of fused-ring (bicyclic) bond motifs is 1. The molecule has 2 heterocycles. The number of anilines is 1. The van der Waals surface area contributed by atoms with Gasteiger partial charge in [-0.3, -0.25) is 9.38 Å². The Balaban J connectivity index is 1.65. The maximum Gasteiger partial charge on any atom is 0.155 e. The molecule has 130 valence electrons. The van der Waals surface area contributed by atoms with Gasteiger partial charge < -0.3 is 4.90 Å². The Kier molecular flexibility index (Phi) is 4.53. The second-order valence-corrected chi connectivity index (χ2v) is 6.96. The topological polar surface area (TPSA) is 33.4 Å². The summed E-state index contributed by atoms with van der Waals surface area (Å²) in [7, 11) is 2.03. The van der Waals surface area contributed by atoms with Crippen LogP contribution in [0.25, 0.3) is 16.9 Å². The molecule has 26 heavy (non-hydrogen) atoms. The van der Waals surface area contributed by atoms with E-state index < -0.39 is 0 Å². The summed E-state index contributed by atoms with van der Waals surface area (Å²) in [6, 6.07) is 15.5. The van der Waals surface area contributed by atoms with Crippen LogP contribution in [0.15, 0.2) is 67.1 Å². The lowest BCUT2D eigenvalue weighted by atomic mass is 10.2. The van der Waals surface area contributed by atoms with E-state index in [2.05, 4.69) is 19.3 Å². The first-order valence-corrected chi connectivity index (χ1v) is 8.90. The van der Waals surface area contributed by atoms with Crippen LogP contribution in [0.5, 0.6) is 0 Å². The van der Waals surface area contributed by atoms with E-state index in [0.717, 1.165) is 38.3 Å². The van der Waals surface area contributed by atoms with Crippen molar-refractivity contribution < 1.29 is 0 Å². The molecule has 0 saturated heterocycles. The van der Waals surface area contributed by atoms with Crippen LogP contribution in [-0.2, 0) is 6.54 Å². The van der Waals surface area contributed by atoms with Crippen LogP contribution in [0.4, 0.5) is 5.69 Å². The van der Waals surface area contributed by atoms with Crippen LogP contribution in [0.2, 0.25) is 10.0 Å². The Morgan fingerprint density at radius 1 is 0.885 bits per heavy atom. The number of halogens is 2. The van der Waals surface area contributed by atoms with E-state index in [1.54, 1.807) is 6.20 Å². The molecule has 0 atom stereocenters. The Morgan fingerprint density at radius 3 is 2.23 bits per heavy atom. The van der Waals surface area contributed by atoms with E-state index in [9.17, 15) is 0 Å². The van der Waals surface area contributed by atoms with Crippen molar-refractivity contribution >= 4 is 34.5 Å². The zero-order valence-electron chi connectivity index (χ0n) is 14.1. The van der Waals surface area contributed by atoms with Crippen molar-refractivity contribution in [2.45, 2.75) is 6.54 Å². The highest BCUT2D eigenvalue weighted by Gasteiger charge is 2.09. The minimum atomic E-state index is 0.676. The van der Waals surface area contributed by atoms with E-state index in [4.69, 9.17) is 23.2 Å². The van der Waals surface area contributed by atoms with Gasteiger partial charge in [-0.25, -0.2) is 4.98 Å². The van der Waals surface area contributed by atoms with Crippen molar-refractivity contribution in [3.8, 4) is 11.3 Å². The van der Waals surface area contributed by atoms with Gasteiger partial charge in [0.1, 0.15) is 0 Å². The quantitative estimate of drug-likeness (QED) is 0.477. The van der Waals surface area contributed by atoms with Crippen molar-refractivity contribution in [3.05, 3.63) is 82.9 Å². The smallest absolute Gasteiger partial charge is 0.155 e. The molecule has 0 bridgehead atoms. The maximum atomic E-state index is 6.00. The Hall–Kier alpha value is -2.56. The van der Waals surface area contributed by atoms with Crippen LogP contribution < -0.4 is 4.90 Å². The average molecular weight is 383 g/mol. The van der Waals surface area contributed by atoms with E-state index in [1.807, 2.05) is 68.0 Å². The molecule has 0 N–H and O–H groups in total. The van der Waals surface area contributed by atoms with E-state index in [0.29, 0.717) is 6.54 Å². The molecule has 4 nitrogen and oxygen atoms in total. The molecule has 0 unspecified atom stereocenters. The Labute approximate surface area is 161 Å². The third-order valence-corrected chi connectivity index (χ3v) is 4.76. The van der Waals surface area contributed by atoms with Gasteiger partial charge in [-0.15, -0.1) is 0 Å². The number of hydrogen-bond acceptors (Lipinski definition) is 3. The summed E-state index contributed by atoms with van der Waals surface area (Å²) < 4.78 is 2.06. The molecule has 0 radical (unpaired) electrons. The van der Waals surface area contributed by atoms with Crippen molar-refractivity contribution in [1.29, 1.82) is 0 Å². The first-order valence-electron chi connectivity index (χ1n) is 8.15. The van der Waals surface area contributed by atoms with Crippen molar-refractivity contribution in [2.75, 3.05) is 11.9 Å². The molecule has 0 aliphatic heterocycles. The van der Waals surface area contributed by atoms with Gasteiger partial charge in [0.05, 0.1) is 30.3 Å². The molecule has 4 aromatic rings. The van der Waals surface area contributed by atoms with E-state index in [1.165, 1.54) is 0 Å². The molecule has 0 aliphatic rings. The second-order valence-electron chi connectivity index (χ2n) is 6.09. The van der Waals surface area contributed by atoms with E-state index in [-0.39, 0.29) is 0 Å². The summed E-state index contributed by atoms with van der Waals surface area (Å²) in [5.74, 6) is 0.